The Hall–Kier alpha value is -0.0900. The minimum absolute atomic E-state index is 0.246. The summed E-state index contributed by atoms with van der Waals surface area (Å²) in [6, 6.07) is 0. The fourth-order valence-corrected chi connectivity index (χ4v) is 2.92. The van der Waals surface area contributed by atoms with Gasteiger partial charge < -0.3 is 4.90 Å². The van der Waals surface area contributed by atoms with Crippen molar-refractivity contribution in [2.75, 3.05) is 18.8 Å². The number of nitrogens with zero attached hydrogens (tertiary/aromatic N) is 1. The lowest BCUT2D eigenvalue weighted by Gasteiger charge is -2.28. The zero-order chi connectivity index (χ0) is 12.2. The van der Waals surface area contributed by atoms with Gasteiger partial charge in [0.1, 0.15) is 10.1 Å². The summed E-state index contributed by atoms with van der Waals surface area (Å²) in [5, 5.41) is 0. The molecule has 0 N–H and O–H groups in total. The van der Waals surface area contributed by atoms with Gasteiger partial charge in [0.2, 0.25) is 0 Å². The maximum Gasteiger partial charge on any atom is 0.148 e. The lowest BCUT2D eigenvalue weighted by atomic mass is 9.92. The summed E-state index contributed by atoms with van der Waals surface area (Å²) in [7, 11) is 0. The minimum Gasteiger partial charge on any atom is -0.358 e. The zero-order valence-electron chi connectivity index (χ0n) is 10.4. The highest BCUT2D eigenvalue weighted by atomic mass is 32.2. The Labute approximate surface area is 108 Å². The van der Waals surface area contributed by atoms with Gasteiger partial charge in [0.15, 0.2) is 0 Å². The van der Waals surface area contributed by atoms with Crippen molar-refractivity contribution in [1.29, 1.82) is 0 Å². The minimum atomic E-state index is -0.246. The Morgan fingerprint density at radius 2 is 1.81 bits per heavy atom. The molecule has 2 nitrogen and oxygen atoms in total. The van der Waals surface area contributed by atoms with Crippen LogP contribution in [-0.2, 0) is 4.79 Å². The van der Waals surface area contributed by atoms with Crippen LogP contribution in [0.2, 0.25) is 0 Å². The summed E-state index contributed by atoms with van der Waals surface area (Å²) in [6.07, 6.45) is 3.77. The number of piperidine rings is 1. The van der Waals surface area contributed by atoms with Crippen LogP contribution in [-0.4, -0.2) is 33.8 Å². The molecule has 1 fully saturated rings. The van der Waals surface area contributed by atoms with Crippen LogP contribution in [0.15, 0.2) is 0 Å². The monoisotopic (exact) mass is 259 g/mol. The second kappa shape index (κ2) is 6.01. The van der Waals surface area contributed by atoms with Gasteiger partial charge in [0.05, 0.1) is 5.75 Å². The van der Waals surface area contributed by atoms with E-state index < -0.39 is 0 Å². The fourth-order valence-electron chi connectivity index (χ4n) is 1.51. The van der Waals surface area contributed by atoms with E-state index in [1.807, 2.05) is 20.8 Å². The van der Waals surface area contributed by atoms with Crippen LogP contribution in [0.25, 0.3) is 0 Å². The topological polar surface area (TPSA) is 20.3 Å². The standard InChI is InChI=1S/C12H21NOS2/c1-12(2,3)10(14)9-16-11(15)13-7-5-4-6-8-13/h4-9H2,1-3H3. The average molecular weight is 259 g/mol. The third-order valence-electron chi connectivity index (χ3n) is 2.78. The van der Waals surface area contributed by atoms with E-state index in [4.69, 9.17) is 12.2 Å². The van der Waals surface area contributed by atoms with Gasteiger partial charge in [0.25, 0.3) is 0 Å². The van der Waals surface area contributed by atoms with Crippen LogP contribution >= 0.6 is 24.0 Å². The van der Waals surface area contributed by atoms with Crippen LogP contribution in [0.4, 0.5) is 0 Å². The molecule has 1 aliphatic rings. The molecule has 0 radical (unpaired) electrons. The Bertz CT molecular complexity index is 265. The molecule has 16 heavy (non-hydrogen) atoms. The predicted octanol–water partition coefficient (Wildman–Crippen LogP) is 3.11. The zero-order valence-corrected chi connectivity index (χ0v) is 12.0. The van der Waals surface area contributed by atoms with E-state index in [2.05, 4.69) is 4.90 Å². The number of carbonyl (C=O) groups excluding carboxylic acids is 1. The fraction of sp³-hybridized carbons (Fsp3) is 0.833. The van der Waals surface area contributed by atoms with Crippen LogP contribution < -0.4 is 0 Å². The molecule has 1 saturated heterocycles. The predicted molar refractivity (Wildman–Crippen MR) is 74.9 cm³/mol. The van der Waals surface area contributed by atoms with Crippen LogP contribution in [0.1, 0.15) is 40.0 Å². The molecule has 0 atom stereocenters. The Morgan fingerprint density at radius 3 is 2.31 bits per heavy atom. The molecule has 0 amide bonds. The normalized spacial score (nSPS) is 17.3. The molecule has 0 spiro atoms. The van der Waals surface area contributed by atoms with Crippen LogP contribution in [0.5, 0.6) is 0 Å². The molecule has 0 aliphatic carbocycles. The van der Waals surface area contributed by atoms with E-state index in [0.29, 0.717) is 5.75 Å². The summed E-state index contributed by atoms with van der Waals surface area (Å²) in [5.74, 6) is 0.788. The van der Waals surface area contributed by atoms with E-state index in [0.717, 1.165) is 17.4 Å². The number of thiocarbonyl (C=S) groups is 1. The van der Waals surface area contributed by atoms with E-state index >= 15 is 0 Å². The van der Waals surface area contributed by atoms with Gasteiger partial charge in [-0.25, -0.2) is 0 Å². The van der Waals surface area contributed by atoms with Gasteiger partial charge in [-0.1, -0.05) is 44.8 Å². The number of rotatable bonds is 2. The van der Waals surface area contributed by atoms with Crippen LogP contribution in [0, 0.1) is 5.41 Å². The van der Waals surface area contributed by atoms with Crippen molar-refractivity contribution in [2.45, 2.75) is 40.0 Å². The van der Waals surface area contributed by atoms with Gasteiger partial charge in [0, 0.05) is 18.5 Å². The molecule has 1 heterocycles. The number of hydrogen-bond donors (Lipinski definition) is 0. The molecule has 0 bridgehead atoms. The highest BCUT2D eigenvalue weighted by molar-refractivity contribution is 8.23. The molecule has 4 heteroatoms. The molecular weight excluding hydrogens is 238 g/mol. The molecule has 1 aliphatic heterocycles. The molecule has 0 saturated carbocycles. The molecule has 0 aromatic rings. The lowest BCUT2D eigenvalue weighted by Crippen LogP contribution is -2.33. The van der Waals surface area contributed by atoms with E-state index in [1.165, 1.54) is 31.0 Å². The molecular formula is C12H21NOS2. The molecule has 0 unspecified atom stereocenters. The van der Waals surface area contributed by atoms with E-state index in [-0.39, 0.29) is 11.2 Å². The van der Waals surface area contributed by atoms with Crippen molar-refractivity contribution < 1.29 is 4.79 Å². The summed E-state index contributed by atoms with van der Waals surface area (Å²) in [6.45, 7) is 8.00. The van der Waals surface area contributed by atoms with Crippen molar-refractivity contribution >= 4 is 34.1 Å². The highest BCUT2D eigenvalue weighted by Crippen LogP contribution is 2.21. The van der Waals surface area contributed by atoms with Gasteiger partial charge >= 0.3 is 0 Å². The number of hydrogen-bond acceptors (Lipinski definition) is 3. The SMILES string of the molecule is CC(C)(C)C(=O)CSC(=S)N1CCCCC1. The third kappa shape index (κ3) is 4.42. The number of Topliss-reactive ketones (excluding diaryl/α,β-unsaturated/α-hetero) is 1. The number of carbonyl (C=O) groups is 1. The van der Waals surface area contributed by atoms with Crippen molar-refractivity contribution in [3.05, 3.63) is 0 Å². The second-order valence-corrected chi connectivity index (χ2v) is 6.88. The molecule has 0 aromatic heterocycles. The Kier molecular flexibility index (Phi) is 5.25. The quantitative estimate of drug-likeness (QED) is 0.710. The van der Waals surface area contributed by atoms with Gasteiger partial charge in [-0.3, -0.25) is 4.79 Å². The first-order valence-electron chi connectivity index (χ1n) is 5.86. The summed E-state index contributed by atoms with van der Waals surface area (Å²) in [5.41, 5.74) is -0.246. The van der Waals surface area contributed by atoms with E-state index in [1.54, 1.807) is 0 Å². The average Bonchev–Trinajstić information content (AvgIpc) is 2.25. The summed E-state index contributed by atoms with van der Waals surface area (Å²) >= 11 is 6.88. The van der Waals surface area contributed by atoms with Gasteiger partial charge in [-0.05, 0) is 19.3 Å². The largest absolute Gasteiger partial charge is 0.358 e. The first kappa shape index (κ1) is 14.0. The smallest absolute Gasteiger partial charge is 0.148 e. The van der Waals surface area contributed by atoms with Crippen molar-refractivity contribution in [3.8, 4) is 0 Å². The maximum absolute atomic E-state index is 11.8. The molecule has 92 valence electrons. The van der Waals surface area contributed by atoms with Crippen molar-refractivity contribution in [3.63, 3.8) is 0 Å². The highest BCUT2D eigenvalue weighted by Gasteiger charge is 2.22. The van der Waals surface area contributed by atoms with Crippen molar-refractivity contribution in [1.82, 2.24) is 4.90 Å². The first-order chi connectivity index (χ1) is 7.41. The lowest BCUT2D eigenvalue weighted by molar-refractivity contribution is -0.123. The summed E-state index contributed by atoms with van der Waals surface area (Å²) in [4.78, 5) is 14.0. The Balaban J connectivity index is 2.32. The number of ketones is 1. The summed E-state index contributed by atoms with van der Waals surface area (Å²) < 4.78 is 0.900. The molecule has 0 aromatic carbocycles. The van der Waals surface area contributed by atoms with Crippen molar-refractivity contribution in [2.24, 2.45) is 5.41 Å². The van der Waals surface area contributed by atoms with Gasteiger partial charge in [-0.15, -0.1) is 0 Å². The number of likely N-dealkylation sites (tertiary alicyclic amines) is 1. The molecule has 1 rings (SSSR count). The third-order valence-corrected chi connectivity index (χ3v) is 4.30. The Morgan fingerprint density at radius 1 is 1.25 bits per heavy atom. The first-order valence-corrected chi connectivity index (χ1v) is 7.25. The van der Waals surface area contributed by atoms with E-state index in [9.17, 15) is 4.79 Å². The van der Waals surface area contributed by atoms with Crippen LogP contribution in [0.3, 0.4) is 0 Å². The second-order valence-electron chi connectivity index (χ2n) is 5.28. The van der Waals surface area contributed by atoms with Gasteiger partial charge in [-0.2, -0.15) is 0 Å². The maximum atomic E-state index is 11.8. The number of thioether (sulfide) groups is 1.